The van der Waals surface area contributed by atoms with Crippen molar-refractivity contribution in [3.8, 4) is 16.9 Å². The van der Waals surface area contributed by atoms with Gasteiger partial charge in [-0.15, -0.1) is 11.3 Å². The fourth-order valence-electron chi connectivity index (χ4n) is 3.04. The number of hydrogen-bond acceptors (Lipinski definition) is 5. The second kappa shape index (κ2) is 7.01. The van der Waals surface area contributed by atoms with Crippen LogP contribution in [0.5, 0.6) is 0 Å². The lowest BCUT2D eigenvalue weighted by Crippen LogP contribution is -2.16. The van der Waals surface area contributed by atoms with Crippen LogP contribution >= 0.6 is 11.3 Å². The van der Waals surface area contributed by atoms with Crippen molar-refractivity contribution in [2.75, 3.05) is 5.32 Å². The summed E-state index contributed by atoms with van der Waals surface area (Å²) in [6, 6.07) is 15.4. The summed E-state index contributed by atoms with van der Waals surface area (Å²) in [7, 11) is 0. The van der Waals surface area contributed by atoms with Crippen LogP contribution in [0.1, 0.15) is 34.9 Å². The van der Waals surface area contributed by atoms with Crippen molar-refractivity contribution in [3.05, 3.63) is 77.7 Å². The Morgan fingerprint density at radius 3 is 2.75 bits per heavy atom. The third-order valence-electron chi connectivity index (χ3n) is 4.64. The molecular formula is C21H17N5OS. The number of amides is 1. The summed E-state index contributed by atoms with van der Waals surface area (Å²) in [5, 5.41) is 10.1. The van der Waals surface area contributed by atoms with E-state index in [1.54, 1.807) is 17.1 Å². The highest BCUT2D eigenvalue weighted by Crippen LogP contribution is 2.39. The molecule has 7 heteroatoms. The molecule has 0 radical (unpaired) electrons. The minimum absolute atomic E-state index is 0.213. The summed E-state index contributed by atoms with van der Waals surface area (Å²) in [5.41, 5.74) is 4.08. The maximum atomic E-state index is 13.0. The third kappa shape index (κ3) is 3.32. The van der Waals surface area contributed by atoms with E-state index in [0.29, 0.717) is 16.7 Å². The largest absolute Gasteiger partial charge is 0.296 e. The number of rotatable bonds is 5. The van der Waals surface area contributed by atoms with Gasteiger partial charge in [0.15, 0.2) is 5.13 Å². The number of aromatic nitrogens is 4. The van der Waals surface area contributed by atoms with Crippen molar-refractivity contribution in [3.63, 3.8) is 0 Å². The van der Waals surface area contributed by atoms with Gasteiger partial charge in [-0.05, 0) is 43.2 Å². The zero-order valence-corrected chi connectivity index (χ0v) is 15.8. The molecule has 6 nitrogen and oxygen atoms in total. The van der Waals surface area contributed by atoms with Crippen LogP contribution < -0.4 is 5.32 Å². The average molecular weight is 387 g/mol. The number of carbonyl (C=O) groups excluding carboxylic acids is 1. The van der Waals surface area contributed by atoms with Gasteiger partial charge in [0.05, 0.1) is 17.1 Å². The van der Waals surface area contributed by atoms with E-state index in [1.165, 1.54) is 11.3 Å². The molecule has 0 aliphatic heterocycles. The van der Waals surface area contributed by atoms with Crippen LogP contribution in [0.2, 0.25) is 0 Å². The SMILES string of the molecule is O=C(Nc1nc(-c2cccnc2)cs1)c1cc(C2CC2)nn1-c1ccccc1. The Kier molecular flexibility index (Phi) is 4.21. The van der Waals surface area contributed by atoms with E-state index in [-0.39, 0.29) is 5.91 Å². The average Bonchev–Trinajstić information content (AvgIpc) is 3.32. The van der Waals surface area contributed by atoms with Crippen molar-refractivity contribution < 1.29 is 4.79 Å². The number of nitrogens with zero attached hydrogens (tertiary/aromatic N) is 4. The smallest absolute Gasteiger partial charge is 0.276 e. The first kappa shape index (κ1) is 16.8. The number of carbonyl (C=O) groups is 1. The standard InChI is InChI=1S/C21H17N5OS/c27-20(24-21-23-18(13-28-21)15-5-4-10-22-12-15)19-11-17(14-8-9-14)25-26(19)16-6-2-1-3-7-16/h1-7,10-14H,8-9H2,(H,23,24,27). The molecule has 3 aromatic heterocycles. The molecule has 1 aliphatic rings. The molecule has 5 rings (SSSR count). The van der Waals surface area contributed by atoms with Crippen molar-refractivity contribution in [2.45, 2.75) is 18.8 Å². The van der Waals surface area contributed by atoms with Gasteiger partial charge in [-0.25, -0.2) is 9.67 Å². The Morgan fingerprint density at radius 2 is 2.00 bits per heavy atom. The molecule has 0 spiro atoms. The van der Waals surface area contributed by atoms with Crippen LogP contribution in [-0.4, -0.2) is 25.7 Å². The first-order chi connectivity index (χ1) is 13.8. The summed E-state index contributed by atoms with van der Waals surface area (Å²) in [5.74, 6) is 0.254. The quantitative estimate of drug-likeness (QED) is 0.546. The Bertz CT molecular complexity index is 1120. The molecule has 3 heterocycles. The summed E-state index contributed by atoms with van der Waals surface area (Å²) < 4.78 is 1.72. The summed E-state index contributed by atoms with van der Waals surface area (Å²) in [6.07, 6.45) is 5.75. The number of pyridine rings is 1. The fourth-order valence-corrected chi connectivity index (χ4v) is 3.76. The first-order valence-electron chi connectivity index (χ1n) is 9.10. The molecule has 1 aromatic carbocycles. The maximum Gasteiger partial charge on any atom is 0.276 e. The van der Waals surface area contributed by atoms with Gasteiger partial charge in [0, 0.05) is 29.3 Å². The molecule has 28 heavy (non-hydrogen) atoms. The van der Waals surface area contributed by atoms with Gasteiger partial charge in [-0.2, -0.15) is 5.10 Å². The predicted octanol–water partition coefficient (Wildman–Crippen LogP) is 4.52. The van der Waals surface area contributed by atoms with Crippen molar-refractivity contribution >= 4 is 22.4 Å². The van der Waals surface area contributed by atoms with Crippen LogP contribution in [0.4, 0.5) is 5.13 Å². The summed E-state index contributed by atoms with van der Waals surface area (Å²) in [6.45, 7) is 0. The first-order valence-corrected chi connectivity index (χ1v) is 9.98. The Hall–Kier alpha value is -3.32. The number of hydrogen-bond donors (Lipinski definition) is 1. The highest BCUT2D eigenvalue weighted by atomic mass is 32.1. The molecule has 1 aliphatic carbocycles. The van der Waals surface area contributed by atoms with Crippen molar-refractivity contribution in [1.29, 1.82) is 0 Å². The molecule has 0 bridgehead atoms. The number of benzene rings is 1. The van der Waals surface area contributed by atoms with Crippen LogP contribution in [0.25, 0.3) is 16.9 Å². The Balaban J connectivity index is 1.43. The zero-order chi connectivity index (χ0) is 18.9. The second-order valence-electron chi connectivity index (χ2n) is 6.71. The van der Waals surface area contributed by atoms with Gasteiger partial charge in [-0.3, -0.25) is 15.1 Å². The van der Waals surface area contributed by atoms with Crippen LogP contribution in [0, 0.1) is 0 Å². The van der Waals surface area contributed by atoms with E-state index in [4.69, 9.17) is 0 Å². The summed E-state index contributed by atoms with van der Waals surface area (Å²) >= 11 is 1.39. The van der Waals surface area contributed by atoms with Gasteiger partial charge >= 0.3 is 0 Å². The number of thiazole rings is 1. The molecular weight excluding hydrogens is 370 g/mol. The highest BCUT2D eigenvalue weighted by Gasteiger charge is 2.29. The number of anilines is 1. The molecule has 1 saturated carbocycles. The molecule has 1 amide bonds. The molecule has 0 atom stereocenters. The van der Waals surface area contributed by atoms with E-state index < -0.39 is 0 Å². The lowest BCUT2D eigenvalue weighted by Gasteiger charge is -2.06. The molecule has 4 aromatic rings. The monoisotopic (exact) mass is 387 g/mol. The van der Waals surface area contributed by atoms with Crippen LogP contribution in [0.3, 0.4) is 0 Å². The molecule has 0 saturated heterocycles. The fraction of sp³-hybridized carbons (Fsp3) is 0.143. The molecule has 1 fully saturated rings. The van der Waals surface area contributed by atoms with Crippen molar-refractivity contribution in [1.82, 2.24) is 19.7 Å². The van der Waals surface area contributed by atoms with Crippen molar-refractivity contribution in [2.24, 2.45) is 0 Å². The predicted molar refractivity (Wildman–Crippen MR) is 109 cm³/mol. The lowest BCUT2D eigenvalue weighted by atomic mass is 10.2. The Morgan fingerprint density at radius 1 is 1.14 bits per heavy atom. The normalized spacial score (nSPS) is 13.4. The van der Waals surface area contributed by atoms with E-state index in [9.17, 15) is 4.79 Å². The second-order valence-corrected chi connectivity index (χ2v) is 7.57. The van der Waals surface area contributed by atoms with E-state index in [0.717, 1.165) is 35.5 Å². The highest BCUT2D eigenvalue weighted by molar-refractivity contribution is 7.14. The third-order valence-corrected chi connectivity index (χ3v) is 5.40. The molecule has 138 valence electrons. The van der Waals surface area contributed by atoms with E-state index in [1.807, 2.05) is 53.9 Å². The lowest BCUT2D eigenvalue weighted by molar-refractivity contribution is 0.101. The van der Waals surface area contributed by atoms with Crippen LogP contribution in [-0.2, 0) is 0 Å². The zero-order valence-electron chi connectivity index (χ0n) is 14.9. The van der Waals surface area contributed by atoms with Crippen LogP contribution in [0.15, 0.2) is 66.3 Å². The summed E-state index contributed by atoms with van der Waals surface area (Å²) in [4.78, 5) is 21.6. The van der Waals surface area contributed by atoms with E-state index in [2.05, 4.69) is 20.4 Å². The van der Waals surface area contributed by atoms with Gasteiger partial charge in [0.2, 0.25) is 0 Å². The van der Waals surface area contributed by atoms with Gasteiger partial charge in [0.25, 0.3) is 5.91 Å². The molecule has 1 N–H and O–H groups in total. The van der Waals surface area contributed by atoms with E-state index >= 15 is 0 Å². The minimum atomic E-state index is -0.213. The number of nitrogens with one attached hydrogen (secondary N) is 1. The van der Waals surface area contributed by atoms with Gasteiger partial charge in [0.1, 0.15) is 5.69 Å². The number of para-hydroxylation sites is 1. The van der Waals surface area contributed by atoms with Gasteiger partial charge < -0.3 is 0 Å². The minimum Gasteiger partial charge on any atom is -0.296 e. The Labute approximate surface area is 165 Å². The topological polar surface area (TPSA) is 72.7 Å². The van der Waals surface area contributed by atoms with Gasteiger partial charge in [-0.1, -0.05) is 18.2 Å². The maximum absolute atomic E-state index is 13.0. The molecule has 0 unspecified atom stereocenters.